The zero-order valence-corrected chi connectivity index (χ0v) is 26.4. The van der Waals surface area contributed by atoms with Crippen molar-refractivity contribution < 1.29 is 9.18 Å². The summed E-state index contributed by atoms with van der Waals surface area (Å²) in [7, 11) is 0. The number of para-hydroxylation sites is 1. The Bertz CT molecular complexity index is 1710. The molecule has 2 saturated heterocycles. The molecule has 0 N–H and O–H groups in total. The van der Waals surface area contributed by atoms with Crippen LogP contribution in [0.15, 0.2) is 58.2 Å². The Morgan fingerprint density at radius 1 is 1.07 bits per heavy atom. The van der Waals surface area contributed by atoms with Gasteiger partial charge in [0, 0.05) is 43.3 Å². The molecule has 1 amide bonds. The highest BCUT2D eigenvalue weighted by molar-refractivity contribution is 8.26. The molecule has 1 aromatic heterocycles. The van der Waals surface area contributed by atoms with Crippen molar-refractivity contribution in [1.82, 2.24) is 9.47 Å². The van der Waals surface area contributed by atoms with Gasteiger partial charge in [0.1, 0.15) is 27.6 Å². The number of anilines is 2. The van der Waals surface area contributed by atoms with Crippen LogP contribution in [0.25, 0.3) is 6.08 Å². The fraction of sp³-hybridized carbons (Fsp3) is 0.312. The fourth-order valence-electron chi connectivity index (χ4n) is 5.44. The Morgan fingerprint density at radius 3 is 2.42 bits per heavy atom. The second-order valence-electron chi connectivity index (χ2n) is 10.4. The third-order valence-corrected chi connectivity index (χ3v) is 9.54. The Balaban J connectivity index is 1.55. The average molecular weight is 636 g/mol. The SMILES string of the molecule is CCCCn1c(N2CCN(c3ccccc3F)CC2)c(C=C2SC(=S)N(Cc3ccccc3Cl)C2=O)c(C)c(C#N)c1=O. The molecule has 0 bridgehead atoms. The van der Waals surface area contributed by atoms with E-state index in [1.807, 2.05) is 36.1 Å². The summed E-state index contributed by atoms with van der Waals surface area (Å²) in [6, 6.07) is 16.1. The number of piperazine rings is 1. The molecule has 2 aromatic carbocycles. The molecular weight excluding hydrogens is 605 g/mol. The van der Waals surface area contributed by atoms with Gasteiger partial charge < -0.3 is 9.80 Å². The summed E-state index contributed by atoms with van der Waals surface area (Å²) in [6.07, 6.45) is 3.37. The third-order valence-electron chi connectivity index (χ3n) is 7.79. The number of amides is 1. The van der Waals surface area contributed by atoms with Gasteiger partial charge in [0.25, 0.3) is 11.5 Å². The van der Waals surface area contributed by atoms with Crippen LogP contribution in [0.4, 0.5) is 15.9 Å². The Labute approximate surface area is 265 Å². The van der Waals surface area contributed by atoms with E-state index in [1.165, 1.54) is 22.7 Å². The monoisotopic (exact) mass is 635 g/mol. The molecule has 0 spiro atoms. The second kappa shape index (κ2) is 13.3. The second-order valence-corrected chi connectivity index (χ2v) is 12.5. The summed E-state index contributed by atoms with van der Waals surface area (Å²) in [5.74, 6) is 0.137. The molecule has 2 fully saturated rings. The Kier molecular flexibility index (Phi) is 9.55. The summed E-state index contributed by atoms with van der Waals surface area (Å²) >= 11 is 13.2. The predicted molar refractivity (Wildman–Crippen MR) is 176 cm³/mol. The molecule has 0 saturated carbocycles. The first-order chi connectivity index (χ1) is 20.7. The summed E-state index contributed by atoms with van der Waals surface area (Å²) in [6.45, 7) is 6.61. The molecule has 5 rings (SSSR count). The number of pyridine rings is 1. The van der Waals surface area contributed by atoms with Crippen molar-refractivity contribution >= 4 is 63.4 Å². The number of rotatable bonds is 8. The smallest absolute Gasteiger partial charge is 0.270 e. The van der Waals surface area contributed by atoms with Crippen molar-refractivity contribution in [2.75, 3.05) is 36.0 Å². The molecule has 43 heavy (non-hydrogen) atoms. The molecule has 0 aliphatic carbocycles. The predicted octanol–water partition coefficient (Wildman–Crippen LogP) is 6.35. The number of benzene rings is 2. The van der Waals surface area contributed by atoms with E-state index in [-0.39, 0.29) is 29.4 Å². The first-order valence-electron chi connectivity index (χ1n) is 14.2. The highest BCUT2D eigenvalue weighted by Gasteiger charge is 2.34. The van der Waals surface area contributed by atoms with Crippen LogP contribution in [-0.4, -0.2) is 45.9 Å². The lowest BCUT2D eigenvalue weighted by Crippen LogP contribution is -2.49. The van der Waals surface area contributed by atoms with Crippen LogP contribution in [-0.2, 0) is 17.9 Å². The van der Waals surface area contributed by atoms with E-state index in [0.29, 0.717) is 69.6 Å². The van der Waals surface area contributed by atoms with Gasteiger partial charge in [0.15, 0.2) is 0 Å². The summed E-state index contributed by atoms with van der Waals surface area (Å²) in [5.41, 5.74) is 2.20. The lowest BCUT2D eigenvalue weighted by molar-refractivity contribution is -0.122. The van der Waals surface area contributed by atoms with Gasteiger partial charge in [0.2, 0.25) is 0 Å². The minimum absolute atomic E-state index is 0.0580. The topological polar surface area (TPSA) is 72.6 Å². The van der Waals surface area contributed by atoms with E-state index in [0.717, 1.165) is 18.4 Å². The highest BCUT2D eigenvalue weighted by Crippen LogP contribution is 2.37. The molecule has 3 aromatic rings. The maximum atomic E-state index is 14.5. The molecular formula is C32H31ClFN5O2S2. The molecule has 7 nitrogen and oxygen atoms in total. The minimum atomic E-state index is -0.344. The largest absolute Gasteiger partial charge is 0.366 e. The lowest BCUT2D eigenvalue weighted by atomic mass is 10.0. The summed E-state index contributed by atoms with van der Waals surface area (Å²) in [5, 5.41) is 10.5. The van der Waals surface area contributed by atoms with E-state index in [4.69, 9.17) is 23.8 Å². The fourth-order valence-corrected chi connectivity index (χ4v) is 6.87. The first kappa shape index (κ1) is 30.8. The number of hydrogen-bond acceptors (Lipinski definition) is 7. The number of hydrogen-bond donors (Lipinski definition) is 0. The van der Waals surface area contributed by atoms with Gasteiger partial charge in [0.05, 0.1) is 17.1 Å². The van der Waals surface area contributed by atoms with Crippen LogP contribution >= 0.6 is 35.6 Å². The van der Waals surface area contributed by atoms with Gasteiger partial charge in [-0.05, 0) is 48.7 Å². The maximum Gasteiger partial charge on any atom is 0.270 e. The van der Waals surface area contributed by atoms with Crippen LogP contribution in [0.5, 0.6) is 0 Å². The standard InChI is InChI=1S/C32H31ClFN5O2S2/c1-3-4-13-38-29(37-16-14-36(15-17-37)27-12-8-7-11-26(27)34)23(21(2)24(19-35)30(38)40)18-28-31(41)39(32(42)43-28)20-22-9-5-6-10-25(22)33/h5-12,18H,3-4,13-17,20H2,1-2H3. The van der Waals surface area contributed by atoms with E-state index < -0.39 is 0 Å². The van der Waals surface area contributed by atoms with E-state index >= 15 is 0 Å². The lowest BCUT2D eigenvalue weighted by Gasteiger charge is -2.39. The Hall–Kier alpha value is -3.65. The van der Waals surface area contributed by atoms with Crippen LogP contribution in [0.3, 0.4) is 0 Å². The van der Waals surface area contributed by atoms with Gasteiger partial charge >= 0.3 is 0 Å². The summed E-state index contributed by atoms with van der Waals surface area (Å²) < 4.78 is 16.6. The zero-order valence-electron chi connectivity index (χ0n) is 24.0. The van der Waals surface area contributed by atoms with E-state index in [9.17, 15) is 19.2 Å². The van der Waals surface area contributed by atoms with Gasteiger partial charge in [-0.1, -0.05) is 79.3 Å². The number of unbranched alkanes of at least 4 members (excludes halogenated alkanes) is 1. The number of nitriles is 1. The quantitative estimate of drug-likeness (QED) is 0.211. The van der Waals surface area contributed by atoms with E-state index in [2.05, 4.69) is 11.0 Å². The van der Waals surface area contributed by atoms with Gasteiger partial charge in [-0.2, -0.15) is 5.26 Å². The van der Waals surface area contributed by atoms with Gasteiger partial charge in [-0.25, -0.2) is 4.39 Å². The van der Waals surface area contributed by atoms with Crippen LogP contribution < -0.4 is 15.4 Å². The van der Waals surface area contributed by atoms with Crippen LogP contribution in [0.2, 0.25) is 5.02 Å². The highest BCUT2D eigenvalue weighted by atomic mass is 35.5. The minimum Gasteiger partial charge on any atom is -0.366 e. The first-order valence-corrected chi connectivity index (χ1v) is 15.8. The normalized spacial score (nSPS) is 16.3. The van der Waals surface area contributed by atoms with Crippen LogP contribution in [0.1, 0.15) is 42.0 Å². The van der Waals surface area contributed by atoms with E-state index in [1.54, 1.807) is 35.8 Å². The van der Waals surface area contributed by atoms with Crippen LogP contribution in [0, 0.1) is 24.1 Å². The zero-order chi connectivity index (χ0) is 30.7. The number of aromatic nitrogens is 1. The van der Waals surface area contributed by atoms with Gasteiger partial charge in [-0.15, -0.1) is 0 Å². The Morgan fingerprint density at radius 2 is 1.74 bits per heavy atom. The van der Waals surface area contributed by atoms with Crippen molar-refractivity contribution in [2.45, 2.75) is 39.8 Å². The molecule has 222 valence electrons. The van der Waals surface area contributed by atoms with Crippen molar-refractivity contribution in [2.24, 2.45) is 0 Å². The van der Waals surface area contributed by atoms with Crippen molar-refractivity contribution in [3.8, 4) is 6.07 Å². The number of halogens is 2. The molecule has 3 heterocycles. The van der Waals surface area contributed by atoms with Crippen molar-refractivity contribution in [1.29, 1.82) is 5.26 Å². The molecule has 2 aliphatic heterocycles. The molecule has 0 radical (unpaired) electrons. The molecule has 2 aliphatic rings. The number of carbonyl (C=O) groups is 1. The maximum absolute atomic E-state index is 14.5. The molecule has 0 unspecified atom stereocenters. The number of thioether (sulfide) groups is 1. The number of thiocarbonyl (C=S) groups is 1. The number of carbonyl (C=O) groups excluding carboxylic acids is 1. The average Bonchev–Trinajstić information content (AvgIpc) is 3.27. The number of nitrogens with zero attached hydrogens (tertiary/aromatic N) is 5. The van der Waals surface area contributed by atoms with Crippen molar-refractivity contribution in [3.63, 3.8) is 0 Å². The third kappa shape index (κ3) is 6.21. The molecule has 0 atom stereocenters. The van der Waals surface area contributed by atoms with Gasteiger partial charge in [-0.3, -0.25) is 19.1 Å². The summed E-state index contributed by atoms with van der Waals surface area (Å²) in [4.78, 5) is 33.3. The molecule has 11 heteroatoms. The van der Waals surface area contributed by atoms with Crippen molar-refractivity contribution in [3.05, 3.63) is 96.9 Å².